The fourth-order valence-electron chi connectivity index (χ4n) is 3.21. The van der Waals surface area contributed by atoms with E-state index in [4.69, 9.17) is 5.26 Å². The highest BCUT2D eigenvalue weighted by molar-refractivity contribution is 5.06. The van der Waals surface area contributed by atoms with E-state index in [9.17, 15) is 0 Å². The van der Waals surface area contributed by atoms with E-state index in [0.717, 1.165) is 19.6 Å². The minimum Gasteiger partial charge on any atom is -0.371 e. The summed E-state index contributed by atoms with van der Waals surface area (Å²) in [7, 11) is 0. The predicted octanol–water partition coefficient (Wildman–Crippen LogP) is 4.17. The van der Waals surface area contributed by atoms with Gasteiger partial charge in [-0.25, -0.2) is 0 Å². The average Bonchev–Trinajstić information content (AvgIpc) is 2.53. The van der Waals surface area contributed by atoms with Gasteiger partial charge in [-0.05, 0) is 65.1 Å². The van der Waals surface area contributed by atoms with Gasteiger partial charge in [0.05, 0.1) is 12.5 Å². The first-order valence-electron chi connectivity index (χ1n) is 8.77. The molecule has 0 spiro atoms. The minimum atomic E-state index is 0.554. The van der Waals surface area contributed by atoms with E-state index < -0.39 is 0 Å². The summed E-state index contributed by atoms with van der Waals surface area (Å²) >= 11 is 0. The summed E-state index contributed by atoms with van der Waals surface area (Å²) < 4.78 is 0. The zero-order valence-electron chi connectivity index (χ0n) is 14.3. The molecule has 3 heteroatoms. The lowest BCUT2D eigenvalue weighted by molar-refractivity contribution is 0.226. The Morgan fingerprint density at radius 2 is 2.00 bits per heavy atom. The molecule has 1 aliphatic carbocycles. The maximum atomic E-state index is 8.91. The number of hydrogen-bond acceptors (Lipinski definition) is 3. The molecular formula is C18H33N3. The van der Waals surface area contributed by atoms with Gasteiger partial charge in [0.25, 0.3) is 0 Å². The molecule has 120 valence electrons. The molecular weight excluding hydrogens is 258 g/mol. The molecule has 1 atom stereocenters. The van der Waals surface area contributed by atoms with Crippen LogP contribution in [-0.2, 0) is 0 Å². The summed E-state index contributed by atoms with van der Waals surface area (Å²) in [6.45, 7) is 11.2. The third-order valence-electron chi connectivity index (χ3n) is 4.62. The van der Waals surface area contributed by atoms with Crippen molar-refractivity contribution in [3.05, 3.63) is 11.8 Å². The lowest BCUT2D eigenvalue weighted by Gasteiger charge is -2.35. The van der Waals surface area contributed by atoms with Crippen LogP contribution >= 0.6 is 0 Å². The molecule has 21 heavy (non-hydrogen) atoms. The first-order valence-corrected chi connectivity index (χ1v) is 8.77. The van der Waals surface area contributed by atoms with Crippen LogP contribution in [-0.4, -0.2) is 42.0 Å². The summed E-state index contributed by atoms with van der Waals surface area (Å²) in [6, 6.07) is 2.86. The molecule has 0 N–H and O–H groups in total. The molecule has 1 aliphatic rings. The van der Waals surface area contributed by atoms with Gasteiger partial charge in [0.15, 0.2) is 0 Å². The van der Waals surface area contributed by atoms with E-state index in [2.05, 4.69) is 42.7 Å². The lowest BCUT2D eigenvalue weighted by atomic mass is 10.0. The minimum absolute atomic E-state index is 0.554. The third kappa shape index (κ3) is 6.52. The van der Waals surface area contributed by atoms with E-state index in [0.29, 0.717) is 12.5 Å². The Balaban J connectivity index is 2.49. The van der Waals surface area contributed by atoms with Crippen molar-refractivity contribution >= 4 is 0 Å². The number of nitriles is 1. The Morgan fingerprint density at radius 3 is 2.57 bits per heavy atom. The Hall–Kier alpha value is -1.01. The molecule has 0 amide bonds. The van der Waals surface area contributed by atoms with Crippen LogP contribution in [0.1, 0.15) is 65.7 Å². The normalized spacial score (nSPS) is 16.4. The number of allylic oxidation sites excluding steroid dienone is 2. The first kappa shape index (κ1) is 18.0. The fraction of sp³-hybridized carbons (Fsp3) is 0.833. The van der Waals surface area contributed by atoms with Crippen molar-refractivity contribution in [2.75, 3.05) is 26.2 Å². The van der Waals surface area contributed by atoms with E-state index in [1.54, 1.807) is 0 Å². The summed E-state index contributed by atoms with van der Waals surface area (Å²) in [6.07, 6.45) is 10.6. The molecule has 0 aromatic carbocycles. The van der Waals surface area contributed by atoms with Gasteiger partial charge in [-0.1, -0.05) is 19.9 Å². The molecule has 3 nitrogen and oxygen atoms in total. The number of hydrogen-bond donors (Lipinski definition) is 0. The van der Waals surface area contributed by atoms with Gasteiger partial charge in [-0.3, -0.25) is 0 Å². The van der Waals surface area contributed by atoms with Crippen molar-refractivity contribution in [2.24, 2.45) is 0 Å². The fourth-order valence-corrected chi connectivity index (χ4v) is 3.21. The van der Waals surface area contributed by atoms with Crippen LogP contribution in [0, 0.1) is 11.3 Å². The standard InChI is InChI=1S/C18H33N3/c1-4-20(5-2)15-9-11-17(3)21(16-10-14-19)18-12-7-6-8-13-18/h12,17H,4-11,13,15-16H2,1-3H3. The van der Waals surface area contributed by atoms with Crippen molar-refractivity contribution in [1.29, 1.82) is 5.26 Å². The van der Waals surface area contributed by atoms with Crippen molar-refractivity contribution < 1.29 is 0 Å². The van der Waals surface area contributed by atoms with Crippen LogP contribution in [0.3, 0.4) is 0 Å². The highest BCUT2D eigenvalue weighted by Gasteiger charge is 2.18. The molecule has 1 unspecified atom stereocenters. The molecule has 0 radical (unpaired) electrons. The van der Waals surface area contributed by atoms with Gasteiger partial charge in [0, 0.05) is 18.3 Å². The summed E-state index contributed by atoms with van der Waals surface area (Å²) in [4.78, 5) is 5.00. The Kier molecular flexibility index (Phi) is 9.17. The van der Waals surface area contributed by atoms with Crippen LogP contribution in [0.25, 0.3) is 0 Å². The van der Waals surface area contributed by atoms with Gasteiger partial charge in [0.2, 0.25) is 0 Å². The smallest absolute Gasteiger partial charge is 0.0640 e. The molecule has 0 fully saturated rings. The van der Waals surface area contributed by atoms with Crippen molar-refractivity contribution in [3.8, 4) is 6.07 Å². The maximum Gasteiger partial charge on any atom is 0.0640 e. The quantitative estimate of drug-likeness (QED) is 0.605. The van der Waals surface area contributed by atoms with E-state index >= 15 is 0 Å². The number of rotatable bonds is 10. The zero-order valence-corrected chi connectivity index (χ0v) is 14.3. The van der Waals surface area contributed by atoms with Crippen molar-refractivity contribution in [1.82, 2.24) is 9.80 Å². The third-order valence-corrected chi connectivity index (χ3v) is 4.62. The van der Waals surface area contributed by atoms with Crippen LogP contribution in [0.15, 0.2) is 11.8 Å². The van der Waals surface area contributed by atoms with Crippen LogP contribution in [0.2, 0.25) is 0 Å². The molecule has 0 saturated carbocycles. The van der Waals surface area contributed by atoms with E-state index in [1.165, 1.54) is 50.8 Å². The molecule has 1 rings (SSSR count). The number of nitrogens with zero attached hydrogens (tertiary/aromatic N) is 3. The average molecular weight is 291 g/mol. The molecule has 0 aromatic rings. The van der Waals surface area contributed by atoms with Gasteiger partial charge >= 0.3 is 0 Å². The Bertz CT molecular complexity index is 339. The molecule has 0 aromatic heterocycles. The highest BCUT2D eigenvalue weighted by Crippen LogP contribution is 2.24. The monoisotopic (exact) mass is 291 g/mol. The van der Waals surface area contributed by atoms with Crippen LogP contribution < -0.4 is 0 Å². The predicted molar refractivity (Wildman–Crippen MR) is 90.0 cm³/mol. The second kappa shape index (κ2) is 10.7. The second-order valence-electron chi connectivity index (χ2n) is 6.06. The highest BCUT2D eigenvalue weighted by atomic mass is 15.2. The topological polar surface area (TPSA) is 30.3 Å². The van der Waals surface area contributed by atoms with Gasteiger partial charge in [0.1, 0.15) is 0 Å². The molecule has 0 bridgehead atoms. The van der Waals surface area contributed by atoms with Gasteiger partial charge in [-0.15, -0.1) is 0 Å². The zero-order chi connectivity index (χ0) is 15.5. The summed E-state index contributed by atoms with van der Waals surface area (Å²) in [5, 5.41) is 8.91. The van der Waals surface area contributed by atoms with Crippen LogP contribution in [0.5, 0.6) is 0 Å². The van der Waals surface area contributed by atoms with Gasteiger partial charge in [-0.2, -0.15) is 5.26 Å². The molecule has 0 heterocycles. The summed E-state index contributed by atoms with van der Waals surface area (Å²) in [5.74, 6) is 0. The van der Waals surface area contributed by atoms with E-state index in [-0.39, 0.29) is 0 Å². The Labute approximate surface area is 131 Å². The maximum absolute atomic E-state index is 8.91. The Morgan fingerprint density at radius 1 is 1.24 bits per heavy atom. The van der Waals surface area contributed by atoms with Crippen LogP contribution in [0.4, 0.5) is 0 Å². The van der Waals surface area contributed by atoms with Gasteiger partial charge < -0.3 is 9.80 Å². The molecule has 0 aliphatic heterocycles. The lowest BCUT2D eigenvalue weighted by Crippen LogP contribution is -2.35. The second-order valence-corrected chi connectivity index (χ2v) is 6.06. The largest absolute Gasteiger partial charge is 0.371 e. The van der Waals surface area contributed by atoms with Crippen molar-refractivity contribution in [2.45, 2.75) is 71.8 Å². The van der Waals surface area contributed by atoms with E-state index in [1.807, 2.05) is 0 Å². The summed E-state index contributed by atoms with van der Waals surface area (Å²) in [5.41, 5.74) is 1.49. The van der Waals surface area contributed by atoms with Crippen molar-refractivity contribution in [3.63, 3.8) is 0 Å². The molecule has 0 saturated heterocycles. The first-order chi connectivity index (χ1) is 10.2. The SMILES string of the molecule is CCN(CC)CCCC(C)N(CCC#N)C1=CCCCC1.